The van der Waals surface area contributed by atoms with E-state index in [0.29, 0.717) is 5.82 Å². The van der Waals surface area contributed by atoms with Crippen molar-refractivity contribution in [2.24, 2.45) is 0 Å². The lowest BCUT2D eigenvalue weighted by Gasteiger charge is -2.19. The van der Waals surface area contributed by atoms with Crippen molar-refractivity contribution < 1.29 is 22.1 Å². The van der Waals surface area contributed by atoms with E-state index in [9.17, 15) is 17.6 Å². The van der Waals surface area contributed by atoms with Gasteiger partial charge in [-0.3, -0.25) is 4.79 Å². The van der Waals surface area contributed by atoms with Crippen molar-refractivity contribution in [2.75, 3.05) is 12.8 Å². The molecule has 10 heteroatoms. The van der Waals surface area contributed by atoms with Gasteiger partial charge in [0.1, 0.15) is 5.82 Å². The summed E-state index contributed by atoms with van der Waals surface area (Å²) in [6, 6.07) is 13.6. The Bertz CT molecular complexity index is 1220. The maximum Gasteiger partial charge on any atom is 0.246 e. The molecule has 1 aromatic heterocycles. The number of benzene rings is 2. The number of halogens is 1. The largest absolute Gasteiger partial charge is 0.346 e. The molecule has 8 nitrogen and oxygen atoms in total. The third kappa shape index (κ3) is 6.69. The quantitative estimate of drug-likeness (QED) is 0.537. The van der Waals surface area contributed by atoms with Crippen LogP contribution in [0.5, 0.6) is 0 Å². The molecule has 33 heavy (non-hydrogen) atoms. The highest BCUT2D eigenvalue weighted by atomic mass is 32.2. The van der Waals surface area contributed by atoms with Crippen molar-refractivity contribution in [3.63, 3.8) is 0 Å². The van der Waals surface area contributed by atoms with Crippen LogP contribution in [0.2, 0.25) is 0 Å². The van der Waals surface area contributed by atoms with Gasteiger partial charge in [-0.1, -0.05) is 68.4 Å². The van der Waals surface area contributed by atoms with E-state index in [0.717, 1.165) is 16.1 Å². The third-order valence-electron chi connectivity index (χ3n) is 5.01. The van der Waals surface area contributed by atoms with Crippen LogP contribution in [0.25, 0.3) is 11.4 Å². The molecule has 1 heterocycles. The molecule has 176 valence electrons. The molecule has 0 spiro atoms. The molecule has 0 bridgehead atoms. The van der Waals surface area contributed by atoms with E-state index < -0.39 is 28.3 Å². The van der Waals surface area contributed by atoms with Gasteiger partial charge in [0, 0.05) is 17.7 Å². The van der Waals surface area contributed by atoms with Crippen molar-refractivity contribution in [1.82, 2.24) is 19.8 Å². The Labute approximate surface area is 192 Å². The average Bonchev–Trinajstić information content (AvgIpc) is 3.21. The highest BCUT2D eigenvalue weighted by Gasteiger charge is 2.22. The Balaban J connectivity index is 1.61. The molecule has 0 saturated carbocycles. The predicted octanol–water partition coefficient (Wildman–Crippen LogP) is 3.25. The van der Waals surface area contributed by atoms with E-state index in [1.165, 1.54) is 23.8 Å². The summed E-state index contributed by atoms with van der Waals surface area (Å²) in [5.74, 6) is -0.554. The van der Waals surface area contributed by atoms with Crippen LogP contribution in [0, 0.1) is 5.82 Å². The van der Waals surface area contributed by atoms with E-state index in [-0.39, 0.29) is 30.0 Å². The summed E-state index contributed by atoms with van der Waals surface area (Å²) in [6.45, 7) is 5.58. The maximum atomic E-state index is 13.9. The molecule has 1 N–H and O–H groups in total. The Morgan fingerprint density at radius 2 is 1.79 bits per heavy atom. The number of nitrogens with one attached hydrogen (secondary N) is 1. The SMILES string of the molecule is CC(C)(C)c1ccc(-c2noc(CNC(=O)CN(Cc3ccccc3F)S(C)(=O)=O)n2)cc1. The van der Waals surface area contributed by atoms with Crippen LogP contribution >= 0.6 is 0 Å². The highest BCUT2D eigenvalue weighted by molar-refractivity contribution is 7.88. The van der Waals surface area contributed by atoms with E-state index in [2.05, 4.69) is 36.2 Å². The lowest BCUT2D eigenvalue weighted by molar-refractivity contribution is -0.121. The van der Waals surface area contributed by atoms with Gasteiger partial charge < -0.3 is 9.84 Å². The number of aromatic nitrogens is 2. The molecule has 0 saturated heterocycles. The van der Waals surface area contributed by atoms with E-state index in [4.69, 9.17) is 4.52 Å². The summed E-state index contributed by atoms with van der Waals surface area (Å²) in [7, 11) is -3.75. The van der Waals surface area contributed by atoms with Crippen molar-refractivity contribution in [3.8, 4) is 11.4 Å². The van der Waals surface area contributed by atoms with E-state index >= 15 is 0 Å². The van der Waals surface area contributed by atoms with Gasteiger partial charge >= 0.3 is 0 Å². The number of nitrogens with zero attached hydrogens (tertiary/aromatic N) is 3. The van der Waals surface area contributed by atoms with Crippen molar-refractivity contribution in [3.05, 3.63) is 71.4 Å². The number of carbonyl (C=O) groups is 1. The zero-order valence-electron chi connectivity index (χ0n) is 19.0. The van der Waals surface area contributed by atoms with Crippen molar-refractivity contribution in [2.45, 2.75) is 39.3 Å². The smallest absolute Gasteiger partial charge is 0.246 e. The van der Waals surface area contributed by atoms with Gasteiger partial charge in [0.05, 0.1) is 19.3 Å². The predicted molar refractivity (Wildman–Crippen MR) is 122 cm³/mol. The lowest BCUT2D eigenvalue weighted by atomic mass is 9.87. The van der Waals surface area contributed by atoms with Crippen LogP contribution in [-0.2, 0) is 33.3 Å². The molecule has 0 atom stereocenters. The minimum Gasteiger partial charge on any atom is -0.346 e. The Morgan fingerprint density at radius 1 is 1.12 bits per heavy atom. The summed E-state index contributed by atoms with van der Waals surface area (Å²) in [6.07, 6.45) is 0.969. The highest BCUT2D eigenvalue weighted by Crippen LogP contribution is 2.25. The van der Waals surface area contributed by atoms with Crippen LogP contribution in [0.15, 0.2) is 53.1 Å². The fraction of sp³-hybridized carbons (Fsp3) is 0.348. The molecule has 3 rings (SSSR count). The van der Waals surface area contributed by atoms with Crippen LogP contribution in [0.1, 0.15) is 37.8 Å². The first-order chi connectivity index (χ1) is 15.4. The Hall–Kier alpha value is -3.11. The molecule has 1 amide bonds. The molecule has 0 aliphatic heterocycles. The van der Waals surface area contributed by atoms with Crippen LogP contribution in [0.4, 0.5) is 4.39 Å². The van der Waals surface area contributed by atoms with Gasteiger partial charge in [-0.15, -0.1) is 0 Å². The molecule has 0 aliphatic carbocycles. The summed E-state index contributed by atoms with van der Waals surface area (Å²) < 4.78 is 44.2. The minimum absolute atomic E-state index is 0.0252. The molecule has 3 aromatic rings. The normalized spacial score (nSPS) is 12.2. The van der Waals surface area contributed by atoms with E-state index in [1.807, 2.05) is 24.3 Å². The second-order valence-corrected chi connectivity index (χ2v) is 10.7. The first-order valence-corrected chi connectivity index (χ1v) is 12.2. The standard InChI is InChI=1S/C23H27FN4O4S/c1-23(2,3)18-11-9-16(10-12-18)22-26-21(32-27-22)13-25-20(29)15-28(33(4,30)31)14-17-7-5-6-8-19(17)24/h5-12H,13-15H2,1-4H3,(H,25,29). The van der Waals surface area contributed by atoms with Crippen LogP contribution in [0.3, 0.4) is 0 Å². The summed E-state index contributed by atoms with van der Waals surface area (Å²) >= 11 is 0. The Morgan fingerprint density at radius 3 is 2.39 bits per heavy atom. The molecule has 0 unspecified atom stereocenters. The molecule has 0 fully saturated rings. The van der Waals surface area contributed by atoms with Crippen molar-refractivity contribution >= 4 is 15.9 Å². The number of carbonyl (C=O) groups excluding carboxylic acids is 1. The second-order valence-electron chi connectivity index (χ2n) is 8.74. The molecule has 0 radical (unpaired) electrons. The number of hydrogen-bond donors (Lipinski definition) is 1. The van der Waals surface area contributed by atoms with Gasteiger partial charge in [-0.25, -0.2) is 12.8 Å². The first-order valence-electron chi connectivity index (χ1n) is 10.3. The topological polar surface area (TPSA) is 105 Å². The number of amides is 1. The van der Waals surface area contributed by atoms with Crippen molar-refractivity contribution in [1.29, 1.82) is 0 Å². The third-order valence-corrected chi connectivity index (χ3v) is 6.20. The van der Waals surface area contributed by atoms with Crippen LogP contribution in [-0.4, -0.2) is 41.6 Å². The average molecular weight is 475 g/mol. The monoisotopic (exact) mass is 474 g/mol. The zero-order chi connectivity index (χ0) is 24.2. The van der Waals surface area contributed by atoms with Gasteiger partial charge in [-0.05, 0) is 17.0 Å². The zero-order valence-corrected chi connectivity index (χ0v) is 19.8. The summed E-state index contributed by atoms with van der Waals surface area (Å²) in [4.78, 5) is 16.6. The van der Waals surface area contributed by atoms with Gasteiger partial charge in [-0.2, -0.15) is 9.29 Å². The van der Waals surface area contributed by atoms with Gasteiger partial charge in [0.25, 0.3) is 0 Å². The first kappa shape index (κ1) is 24.5. The van der Waals surface area contributed by atoms with Gasteiger partial charge in [0.15, 0.2) is 0 Å². The number of rotatable bonds is 8. The fourth-order valence-electron chi connectivity index (χ4n) is 3.06. The van der Waals surface area contributed by atoms with Gasteiger partial charge in [0.2, 0.25) is 27.6 Å². The number of hydrogen-bond acceptors (Lipinski definition) is 6. The molecular formula is C23H27FN4O4S. The van der Waals surface area contributed by atoms with Crippen LogP contribution < -0.4 is 5.32 Å². The Kier molecular flexibility index (Phi) is 7.28. The fourth-order valence-corrected chi connectivity index (χ4v) is 3.79. The molecule has 2 aromatic carbocycles. The summed E-state index contributed by atoms with van der Waals surface area (Å²) in [5, 5.41) is 6.50. The molecule has 0 aliphatic rings. The second kappa shape index (κ2) is 9.80. The maximum absolute atomic E-state index is 13.9. The summed E-state index contributed by atoms with van der Waals surface area (Å²) in [5.41, 5.74) is 2.15. The molecular weight excluding hydrogens is 447 g/mol. The minimum atomic E-state index is -3.75. The lowest BCUT2D eigenvalue weighted by Crippen LogP contribution is -2.39. The number of sulfonamides is 1. The van der Waals surface area contributed by atoms with E-state index in [1.54, 1.807) is 6.07 Å².